The van der Waals surface area contributed by atoms with E-state index in [1.807, 2.05) is 0 Å². The lowest BCUT2D eigenvalue weighted by atomic mass is 9.95. The summed E-state index contributed by atoms with van der Waals surface area (Å²) in [6.45, 7) is 0.774. The van der Waals surface area contributed by atoms with Gasteiger partial charge in [0.05, 0.1) is 5.54 Å². The van der Waals surface area contributed by atoms with Crippen LogP contribution in [-0.2, 0) is 19.4 Å². The molecule has 13 heavy (non-hydrogen) atoms. The van der Waals surface area contributed by atoms with Crippen molar-refractivity contribution < 1.29 is 17.9 Å². The van der Waals surface area contributed by atoms with E-state index in [9.17, 15) is 13.2 Å². The lowest BCUT2D eigenvalue weighted by molar-refractivity contribution is -0.133. The van der Waals surface area contributed by atoms with Crippen LogP contribution in [0.3, 0.4) is 0 Å². The molecule has 1 fully saturated rings. The predicted molar refractivity (Wildman–Crippen MR) is 45.6 cm³/mol. The summed E-state index contributed by atoms with van der Waals surface area (Å²) in [5, 5.41) is 2.83. The summed E-state index contributed by atoms with van der Waals surface area (Å²) in [5.74, 6) is 0. The second-order valence-corrected chi connectivity index (χ2v) is 5.32. The first-order valence-electron chi connectivity index (χ1n) is 3.68. The van der Waals surface area contributed by atoms with Crippen molar-refractivity contribution in [3.8, 4) is 0 Å². The third-order valence-corrected chi connectivity index (χ3v) is 3.30. The number of carbonyl (C=O) groups is 1. The normalized spacial score (nSPS) is 22.9. The van der Waals surface area contributed by atoms with Crippen LogP contribution in [0.1, 0.15) is 0 Å². The zero-order chi connectivity index (χ0) is 10.1. The van der Waals surface area contributed by atoms with Crippen molar-refractivity contribution in [3.63, 3.8) is 0 Å². The van der Waals surface area contributed by atoms with Crippen LogP contribution in [0.2, 0.25) is 0 Å². The highest BCUT2D eigenvalue weighted by Crippen LogP contribution is 2.19. The molecule has 1 atom stereocenters. The molecule has 0 spiro atoms. The van der Waals surface area contributed by atoms with Crippen molar-refractivity contribution in [1.29, 1.82) is 0 Å². The number of nitrogens with two attached hydrogens (primary N) is 1. The fourth-order valence-electron chi connectivity index (χ4n) is 1.29. The van der Waals surface area contributed by atoms with Crippen molar-refractivity contribution in [3.05, 3.63) is 0 Å². The highest BCUT2D eigenvalue weighted by Gasteiger charge is 2.47. The van der Waals surface area contributed by atoms with Crippen molar-refractivity contribution in [2.45, 2.75) is 11.0 Å². The first-order chi connectivity index (χ1) is 5.90. The van der Waals surface area contributed by atoms with Crippen molar-refractivity contribution in [1.82, 2.24) is 5.32 Å². The average molecular weight is 208 g/mol. The molecule has 0 aliphatic carbocycles. The van der Waals surface area contributed by atoms with Gasteiger partial charge < -0.3 is 15.8 Å². The van der Waals surface area contributed by atoms with Gasteiger partial charge in [0.15, 0.2) is 9.84 Å². The summed E-state index contributed by atoms with van der Waals surface area (Å²) in [6, 6.07) is 0. The van der Waals surface area contributed by atoms with Gasteiger partial charge in [-0.1, -0.05) is 0 Å². The molecule has 1 heterocycles. The number of carbonyl (C=O) groups excluding carboxylic acids is 1. The predicted octanol–water partition coefficient (Wildman–Crippen LogP) is -2.17. The number of nitrogens with one attached hydrogen (secondary N) is 1. The molecule has 76 valence electrons. The van der Waals surface area contributed by atoms with Gasteiger partial charge in [-0.25, -0.2) is 8.42 Å². The van der Waals surface area contributed by atoms with E-state index in [4.69, 9.17) is 5.73 Å². The Morgan fingerprint density at radius 2 is 2.15 bits per heavy atom. The minimum atomic E-state index is -3.46. The Bertz CT molecular complexity index is 296. The summed E-state index contributed by atoms with van der Waals surface area (Å²) >= 11 is 0. The van der Waals surface area contributed by atoms with Crippen LogP contribution >= 0.6 is 0 Å². The number of sulfone groups is 1. The van der Waals surface area contributed by atoms with Crippen molar-refractivity contribution in [2.24, 2.45) is 5.73 Å². The maximum Gasteiger partial charge on any atom is 0.294 e. The van der Waals surface area contributed by atoms with Crippen molar-refractivity contribution in [2.75, 3.05) is 19.3 Å². The molecule has 1 rings (SSSR count). The molecule has 0 saturated carbocycles. The van der Waals surface area contributed by atoms with Gasteiger partial charge in [-0.3, -0.25) is 4.79 Å². The molecule has 6 nitrogen and oxygen atoms in total. The number of rotatable bonds is 4. The maximum absolute atomic E-state index is 11.2. The second kappa shape index (κ2) is 3.24. The van der Waals surface area contributed by atoms with Gasteiger partial charge in [0.25, 0.3) is 6.47 Å². The summed E-state index contributed by atoms with van der Waals surface area (Å²) in [4.78, 5) is 10.1. The van der Waals surface area contributed by atoms with E-state index in [2.05, 4.69) is 10.1 Å². The third kappa shape index (κ3) is 1.98. The highest BCUT2D eigenvalue weighted by molar-refractivity contribution is 7.91. The number of hydrogen-bond acceptors (Lipinski definition) is 6. The van der Waals surface area contributed by atoms with Crippen LogP contribution in [-0.4, -0.2) is 45.2 Å². The molecule has 3 N–H and O–H groups in total. The van der Waals surface area contributed by atoms with Crippen LogP contribution in [0.15, 0.2) is 0 Å². The monoisotopic (exact) mass is 208 g/mol. The molecule has 0 aromatic rings. The van der Waals surface area contributed by atoms with E-state index in [1.54, 1.807) is 0 Å². The second-order valence-electron chi connectivity index (χ2n) is 3.23. The smallest absolute Gasteiger partial charge is 0.294 e. The van der Waals surface area contributed by atoms with E-state index in [-0.39, 0.29) is 6.47 Å². The topological polar surface area (TPSA) is 98.5 Å². The van der Waals surface area contributed by atoms with Gasteiger partial charge in [0.2, 0.25) is 5.44 Å². The maximum atomic E-state index is 11.2. The van der Waals surface area contributed by atoms with Crippen LogP contribution in [0.5, 0.6) is 0 Å². The molecule has 1 aliphatic heterocycles. The van der Waals surface area contributed by atoms with Gasteiger partial charge >= 0.3 is 0 Å². The van der Waals surface area contributed by atoms with Crippen molar-refractivity contribution >= 4 is 16.3 Å². The standard InChI is InChI=1S/C6H12N2O4S/c1-13(10,11)5(12-4-9)6(7)2-8-3-6/h4-5,8H,2-3,7H2,1H3. The first-order valence-corrected chi connectivity index (χ1v) is 5.63. The zero-order valence-electron chi connectivity index (χ0n) is 7.19. The SMILES string of the molecule is CS(=O)(=O)C(OC=O)C1(N)CNC1. The minimum absolute atomic E-state index is 0.110. The zero-order valence-corrected chi connectivity index (χ0v) is 8.00. The summed E-state index contributed by atoms with van der Waals surface area (Å²) in [6.07, 6.45) is 0.994. The summed E-state index contributed by atoms with van der Waals surface area (Å²) < 4.78 is 26.8. The van der Waals surface area contributed by atoms with Gasteiger partial charge in [-0.15, -0.1) is 0 Å². The molecular weight excluding hydrogens is 196 g/mol. The molecule has 0 amide bonds. The van der Waals surface area contributed by atoms with Gasteiger partial charge in [-0.05, 0) is 0 Å². The summed E-state index contributed by atoms with van der Waals surface area (Å²) in [5.41, 5.74) is 3.46. The molecule has 0 radical (unpaired) electrons. The lowest BCUT2D eigenvalue weighted by Gasteiger charge is -2.42. The van der Waals surface area contributed by atoms with E-state index in [0.717, 1.165) is 6.26 Å². The molecule has 0 bridgehead atoms. The number of ether oxygens (including phenoxy) is 1. The molecule has 0 aromatic carbocycles. The Labute approximate surface area is 76.3 Å². The molecule has 0 aromatic heterocycles. The molecule has 1 saturated heterocycles. The summed E-state index contributed by atoms with van der Waals surface area (Å²) in [7, 11) is -3.46. The molecule has 1 aliphatic rings. The Balaban J connectivity index is 2.85. The fourth-order valence-corrected chi connectivity index (χ4v) is 2.56. The highest BCUT2D eigenvalue weighted by atomic mass is 32.2. The Morgan fingerprint density at radius 1 is 1.62 bits per heavy atom. The lowest BCUT2D eigenvalue weighted by Crippen LogP contribution is -2.73. The fraction of sp³-hybridized carbons (Fsp3) is 0.833. The molecule has 7 heteroatoms. The average Bonchev–Trinajstić information content (AvgIpc) is 1.93. The number of hydrogen-bond donors (Lipinski definition) is 2. The van der Waals surface area contributed by atoms with Gasteiger partial charge in [0.1, 0.15) is 0 Å². The van der Waals surface area contributed by atoms with Crippen LogP contribution in [0.25, 0.3) is 0 Å². The van der Waals surface area contributed by atoms with E-state index < -0.39 is 20.8 Å². The quantitative estimate of drug-likeness (QED) is 0.510. The Morgan fingerprint density at radius 3 is 2.38 bits per heavy atom. The van der Waals surface area contributed by atoms with Gasteiger partial charge in [-0.2, -0.15) is 0 Å². The molecular formula is C6H12N2O4S. The largest absolute Gasteiger partial charge is 0.446 e. The van der Waals surface area contributed by atoms with E-state index in [1.165, 1.54) is 0 Å². The first kappa shape index (κ1) is 10.4. The van der Waals surface area contributed by atoms with Gasteiger partial charge in [0, 0.05) is 19.3 Å². The van der Waals surface area contributed by atoms with Crippen LogP contribution in [0.4, 0.5) is 0 Å². The molecule has 1 unspecified atom stereocenters. The Kier molecular flexibility index (Phi) is 2.60. The Hall–Kier alpha value is -0.660. The van der Waals surface area contributed by atoms with Crippen LogP contribution in [0, 0.1) is 0 Å². The van der Waals surface area contributed by atoms with Crippen LogP contribution < -0.4 is 11.1 Å². The third-order valence-electron chi connectivity index (χ3n) is 1.95. The van der Waals surface area contributed by atoms with E-state index >= 15 is 0 Å². The van der Waals surface area contributed by atoms with E-state index in [0.29, 0.717) is 13.1 Å². The minimum Gasteiger partial charge on any atom is -0.446 e.